The van der Waals surface area contributed by atoms with Gasteiger partial charge in [-0.05, 0) is 30.2 Å². The second-order valence-electron chi connectivity index (χ2n) is 11.5. The third kappa shape index (κ3) is 11.6. The van der Waals surface area contributed by atoms with Crippen molar-refractivity contribution in [2.45, 2.75) is 60.3 Å². The number of nitrogens with zero attached hydrogens (tertiary/aromatic N) is 3. The molecular weight excluding hydrogens is 464 g/mol. The minimum atomic E-state index is 0.0409. The molecule has 3 amide bonds. The molecule has 1 N–H and O–H groups in total. The van der Waals surface area contributed by atoms with Crippen LogP contribution in [0.4, 0.5) is 4.79 Å². The molecule has 1 aromatic carbocycles. The number of hydrogen-bond acceptors (Lipinski definition) is 4. The largest absolute Gasteiger partial charge is 0.496 e. The van der Waals surface area contributed by atoms with E-state index in [4.69, 9.17) is 4.74 Å². The molecule has 1 atom stereocenters. The number of nitrogens with one attached hydrogen (secondary N) is 1. The molecule has 1 heterocycles. The number of methoxy groups -OCH3 is 1. The van der Waals surface area contributed by atoms with Gasteiger partial charge in [0.25, 0.3) is 0 Å². The summed E-state index contributed by atoms with van der Waals surface area (Å²) in [6.07, 6.45) is 7.76. The number of rotatable bonds is 13. The Morgan fingerprint density at radius 3 is 2.51 bits per heavy atom. The maximum Gasteiger partial charge on any atom is 0.317 e. The van der Waals surface area contributed by atoms with Gasteiger partial charge in [-0.3, -0.25) is 9.69 Å². The number of piperazine rings is 1. The van der Waals surface area contributed by atoms with E-state index >= 15 is 0 Å². The van der Waals surface area contributed by atoms with E-state index in [0.717, 1.165) is 69.8 Å². The molecule has 0 bridgehead atoms. The molecular formula is C30H50N4O3. The number of amides is 3. The van der Waals surface area contributed by atoms with E-state index in [-0.39, 0.29) is 17.4 Å². The first-order chi connectivity index (χ1) is 17.6. The molecule has 1 aliphatic rings. The van der Waals surface area contributed by atoms with Crippen molar-refractivity contribution in [3.8, 4) is 5.75 Å². The van der Waals surface area contributed by atoms with Gasteiger partial charge in [0.2, 0.25) is 5.91 Å². The van der Waals surface area contributed by atoms with Crippen LogP contribution in [0.2, 0.25) is 0 Å². The predicted octanol–water partition coefficient (Wildman–Crippen LogP) is 5.13. The van der Waals surface area contributed by atoms with Crippen LogP contribution in [0, 0.1) is 11.3 Å². The van der Waals surface area contributed by atoms with E-state index in [1.54, 1.807) is 7.11 Å². The van der Waals surface area contributed by atoms with Crippen LogP contribution >= 0.6 is 0 Å². The molecule has 0 aromatic heterocycles. The third-order valence-electron chi connectivity index (χ3n) is 6.75. The highest BCUT2D eigenvalue weighted by Gasteiger charge is 2.23. The van der Waals surface area contributed by atoms with E-state index < -0.39 is 0 Å². The van der Waals surface area contributed by atoms with Crippen molar-refractivity contribution in [3.05, 3.63) is 35.9 Å². The van der Waals surface area contributed by atoms with Crippen molar-refractivity contribution in [1.82, 2.24) is 20.0 Å². The van der Waals surface area contributed by atoms with Crippen molar-refractivity contribution < 1.29 is 14.3 Å². The molecule has 2 rings (SSSR count). The Labute approximate surface area is 225 Å². The summed E-state index contributed by atoms with van der Waals surface area (Å²) in [5, 5.41) is 3.01. The molecule has 0 spiro atoms. The Morgan fingerprint density at radius 2 is 1.86 bits per heavy atom. The van der Waals surface area contributed by atoms with Crippen LogP contribution in [-0.2, 0) is 4.79 Å². The summed E-state index contributed by atoms with van der Waals surface area (Å²) in [4.78, 5) is 31.9. The molecule has 1 aliphatic heterocycles. The number of unbranched alkanes of at least 4 members (excludes halogenated alkanes) is 1. The third-order valence-corrected chi connectivity index (χ3v) is 6.75. The minimum absolute atomic E-state index is 0.0409. The molecule has 1 saturated heterocycles. The Hall–Kier alpha value is -2.54. The first kappa shape index (κ1) is 30.7. The zero-order valence-corrected chi connectivity index (χ0v) is 24.1. The Morgan fingerprint density at radius 1 is 1.16 bits per heavy atom. The first-order valence-electron chi connectivity index (χ1n) is 14.0. The van der Waals surface area contributed by atoms with Crippen LogP contribution in [0.15, 0.2) is 30.3 Å². The van der Waals surface area contributed by atoms with E-state index in [0.29, 0.717) is 25.4 Å². The molecule has 7 nitrogen and oxygen atoms in total. The molecule has 1 fully saturated rings. The lowest BCUT2D eigenvalue weighted by molar-refractivity contribution is -0.132. The Balaban J connectivity index is 1.94. The van der Waals surface area contributed by atoms with Gasteiger partial charge in [0.15, 0.2) is 0 Å². The lowest BCUT2D eigenvalue weighted by atomic mass is 9.84. The van der Waals surface area contributed by atoms with Crippen molar-refractivity contribution >= 4 is 18.0 Å². The second-order valence-corrected chi connectivity index (χ2v) is 11.5. The topological polar surface area (TPSA) is 65.1 Å². The van der Waals surface area contributed by atoms with Crippen molar-refractivity contribution in [2.24, 2.45) is 11.3 Å². The normalized spacial score (nSPS) is 15.6. The molecule has 208 valence electrons. The molecule has 0 radical (unpaired) electrons. The standard InChI is InChI=1S/C30H50N4O3/c1-7-8-15-31-29(36)34-21-18-32(19-22-34)17-20-33(28(35)23-25(2)24-30(3,4)5)16-11-13-26-12-9-10-14-27(26)37-6/h9-14,25H,7-8,15-24H2,1-6H3,(H,31,36). The highest BCUT2D eigenvalue weighted by Crippen LogP contribution is 2.26. The van der Waals surface area contributed by atoms with Crippen LogP contribution in [0.5, 0.6) is 5.75 Å². The number of hydrogen-bond donors (Lipinski definition) is 1. The van der Waals surface area contributed by atoms with E-state index in [9.17, 15) is 9.59 Å². The van der Waals surface area contributed by atoms with Gasteiger partial charge in [-0.25, -0.2) is 4.79 Å². The van der Waals surface area contributed by atoms with Crippen LogP contribution in [0.25, 0.3) is 6.08 Å². The highest BCUT2D eigenvalue weighted by molar-refractivity contribution is 5.77. The number of ether oxygens (including phenoxy) is 1. The zero-order chi connectivity index (χ0) is 27.3. The average molecular weight is 515 g/mol. The summed E-state index contributed by atoms with van der Waals surface area (Å²) in [7, 11) is 1.67. The summed E-state index contributed by atoms with van der Waals surface area (Å²) >= 11 is 0. The fourth-order valence-corrected chi connectivity index (χ4v) is 4.89. The number of urea groups is 1. The predicted molar refractivity (Wildman–Crippen MR) is 153 cm³/mol. The van der Waals surface area contributed by atoms with Gasteiger partial charge in [0, 0.05) is 64.3 Å². The summed E-state index contributed by atoms with van der Waals surface area (Å²) in [6, 6.07) is 7.95. The van der Waals surface area contributed by atoms with Crippen LogP contribution in [-0.4, -0.2) is 86.1 Å². The lowest BCUT2D eigenvalue weighted by Gasteiger charge is -2.36. The minimum Gasteiger partial charge on any atom is -0.496 e. The molecule has 1 aromatic rings. The number of para-hydroxylation sites is 1. The molecule has 0 aliphatic carbocycles. The van der Waals surface area contributed by atoms with E-state index in [2.05, 4.69) is 50.9 Å². The van der Waals surface area contributed by atoms with Gasteiger partial charge in [0.05, 0.1) is 7.11 Å². The molecule has 7 heteroatoms. The molecule has 0 saturated carbocycles. The average Bonchev–Trinajstić information content (AvgIpc) is 2.85. The smallest absolute Gasteiger partial charge is 0.317 e. The summed E-state index contributed by atoms with van der Waals surface area (Å²) in [5.41, 5.74) is 1.21. The molecule has 37 heavy (non-hydrogen) atoms. The Bertz CT molecular complexity index is 857. The van der Waals surface area contributed by atoms with Crippen LogP contribution < -0.4 is 10.1 Å². The van der Waals surface area contributed by atoms with Gasteiger partial charge in [0.1, 0.15) is 5.75 Å². The summed E-state index contributed by atoms with van der Waals surface area (Å²) < 4.78 is 5.46. The summed E-state index contributed by atoms with van der Waals surface area (Å²) in [6.45, 7) is 16.9. The van der Waals surface area contributed by atoms with Gasteiger partial charge in [-0.1, -0.05) is 71.4 Å². The maximum atomic E-state index is 13.3. The van der Waals surface area contributed by atoms with E-state index in [1.165, 1.54) is 0 Å². The fraction of sp³-hybridized carbons (Fsp3) is 0.667. The van der Waals surface area contributed by atoms with Gasteiger partial charge < -0.3 is 19.9 Å². The monoisotopic (exact) mass is 514 g/mol. The van der Waals surface area contributed by atoms with Crippen molar-refractivity contribution in [1.29, 1.82) is 0 Å². The van der Waals surface area contributed by atoms with Crippen molar-refractivity contribution in [3.63, 3.8) is 0 Å². The van der Waals surface area contributed by atoms with Gasteiger partial charge in [-0.15, -0.1) is 0 Å². The van der Waals surface area contributed by atoms with Crippen LogP contribution in [0.1, 0.15) is 65.9 Å². The summed E-state index contributed by atoms with van der Waals surface area (Å²) in [5.74, 6) is 1.37. The number of carbonyl (C=O) groups excluding carboxylic acids is 2. The Kier molecular flexibility index (Phi) is 13.0. The van der Waals surface area contributed by atoms with Crippen molar-refractivity contribution in [2.75, 3.05) is 59.5 Å². The number of benzene rings is 1. The fourth-order valence-electron chi connectivity index (χ4n) is 4.89. The lowest BCUT2D eigenvalue weighted by Crippen LogP contribution is -2.53. The van der Waals surface area contributed by atoms with Crippen LogP contribution in [0.3, 0.4) is 0 Å². The van der Waals surface area contributed by atoms with E-state index in [1.807, 2.05) is 40.1 Å². The quantitative estimate of drug-likeness (QED) is 0.371. The maximum absolute atomic E-state index is 13.3. The second kappa shape index (κ2) is 15.7. The zero-order valence-electron chi connectivity index (χ0n) is 24.1. The first-order valence-corrected chi connectivity index (χ1v) is 14.0. The number of carbonyl (C=O) groups is 2. The van der Waals surface area contributed by atoms with Gasteiger partial charge >= 0.3 is 6.03 Å². The SMILES string of the molecule is CCCCNC(=O)N1CCN(CCN(CC=Cc2ccccc2OC)C(=O)CC(C)CC(C)(C)C)CC1. The highest BCUT2D eigenvalue weighted by atomic mass is 16.5. The molecule has 1 unspecified atom stereocenters. The van der Waals surface area contributed by atoms with Gasteiger partial charge in [-0.2, -0.15) is 0 Å².